The number of aromatic hydroxyl groups is 1. The molecule has 0 atom stereocenters. The lowest BCUT2D eigenvalue weighted by Crippen LogP contribution is -2.37. The molecule has 1 aliphatic heterocycles. The van der Waals surface area contributed by atoms with Crippen molar-refractivity contribution in [2.75, 3.05) is 31.2 Å². The first kappa shape index (κ1) is 16.3. The second kappa shape index (κ2) is 7.36. The molecule has 2 aromatic carbocycles. The molecule has 5 heteroatoms. The molecule has 1 aliphatic rings. The van der Waals surface area contributed by atoms with Crippen molar-refractivity contribution in [3.05, 3.63) is 59.2 Å². The summed E-state index contributed by atoms with van der Waals surface area (Å²) in [5.74, 6) is -0.232. The van der Waals surface area contributed by atoms with E-state index < -0.39 is 0 Å². The van der Waals surface area contributed by atoms with E-state index in [-0.39, 0.29) is 11.7 Å². The van der Waals surface area contributed by atoms with Crippen LogP contribution in [-0.2, 0) is 11.3 Å². The number of phenols is 1. The van der Waals surface area contributed by atoms with Gasteiger partial charge in [0.15, 0.2) is 0 Å². The van der Waals surface area contributed by atoms with Gasteiger partial charge in [0.2, 0.25) is 0 Å². The summed E-state index contributed by atoms with van der Waals surface area (Å²) in [5, 5.41) is 12.9. The van der Waals surface area contributed by atoms with Crippen LogP contribution in [0.25, 0.3) is 0 Å². The Labute approximate surface area is 141 Å². The minimum absolute atomic E-state index is 0.0384. The van der Waals surface area contributed by atoms with E-state index in [9.17, 15) is 9.90 Å². The number of nitrogens with zero attached hydrogens (tertiary/aromatic N) is 1. The number of nitrogens with one attached hydrogen (secondary N) is 1. The highest BCUT2D eigenvalue weighted by Crippen LogP contribution is 2.23. The Kier molecular flexibility index (Phi) is 5.01. The molecule has 0 saturated carbocycles. The number of para-hydroxylation sites is 2. The third-order valence-corrected chi connectivity index (χ3v) is 4.27. The number of rotatable bonds is 4. The molecule has 0 bridgehead atoms. The number of benzene rings is 2. The summed E-state index contributed by atoms with van der Waals surface area (Å²) in [6.45, 7) is 5.34. The van der Waals surface area contributed by atoms with Gasteiger partial charge in [0.1, 0.15) is 5.75 Å². The number of aryl methyl sites for hydroxylation is 1. The van der Waals surface area contributed by atoms with Gasteiger partial charge >= 0.3 is 0 Å². The Morgan fingerprint density at radius 3 is 2.71 bits per heavy atom. The van der Waals surface area contributed by atoms with Gasteiger partial charge in [-0.25, -0.2) is 0 Å². The zero-order valence-electron chi connectivity index (χ0n) is 13.8. The van der Waals surface area contributed by atoms with E-state index in [1.807, 2.05) is 18.2 Å². The normalized spacial score (nSPS) is 14.5. The van der Waals surface area contributed by atoms with Crippen molar-refractivity contribution >= 4 is 11.6 Å². The van der Waals surface area contributed by atoms with Crippen molar-refractivity contribution in [2.45, 2.75) is 13.5 Å². The van der Waals surface area contributed by atoms with Crippen molar-refractivity contribution in [3.63, 3.8) is 0 Å². The van der Waals surface area contributed by atoms with Crippen molar-refractivity contribution in [1.82, 2.24) is 5.32 Å². The SMILES string of the molecule is Cc1cccc(C(=O)NCc2ccccc2N2CCOCC2)c1O. The summed E-state index contributed by atoms with van der Waals surface area (Å²) in [6, 6.07) is 13.2. The Balaban J connectivity index is 1.72. The lowest BCUT2D eigenvalue weighted by Gasteiger charge is -2.30. The van der Waals surface area contributed by atoms with Crippen LogP contribution >= 0.6 is 0 Å². The first-order valence-corrected chi connectivity index (χ1v) is 8.14. The van der Waals surface area contributed by atoms with Crippen LogP contribution in [0.5, 0.6) is 5.75 Å². The fourth-order valence-corrected chi connectivity index (χ4v) is 2.89. The van der Waals surface area contributed by atoms with Gasteiger partial charge in [-0.3, -0.25) is 4.79 Å². The fraction of sp³-hybridized carbons (Fsp3) is 0.316. The maximum atomic E-state index is 12.4. The largest absolute Gasteiger partial charge is 0.507 e. The van der Waals surface area contributed by atoms with E-state index in [1.165, 1.54) is 0 Å². The zero-order chi connectivity index (χ0) is 16.9. The fourth-order valence-electron chi connectivity index (χ4n) is 2.89. The molecule has 126 valence electrons. The molecule has 2 N–H and O–H groups in total. The number of amides is 1. The minimum atomic E-state index is -0.270. The Morgan fingerprint density at radius 2 is 1.92 bits per heavy atom. The van der Waals surface area contributed by atoms with Gasteiger partial charge in [-0.1, -0.05) is 30.3 Å². The Morgan fingerprint density at radius 1 is 1.17 bits per heavy atom. The topological polar surface area (TPSA) is 61.8 Å². The van der Waals surface area contributed by atoms with Gasteiger partial charge in [-0.05, 0) is 30.2 Å². The van der Waals surface area contributed by atoms with Gasteiger partial charge in [0.25, 0.3) is 5.91 Å². The number of anilines is 1. The second-order valence-corrected chi connectivity index (χ2v) is 5.88. The summed E-state index contributed by atoms with van der Waals surface area (Å²) in [7, 11) is 0. The van der Waals surface area contributed by atoms with Crippen LogP contribution in [0.3, 0.4) is 0 Å². The summed E-state index contributed by atoms with van der Waals surface area (Å²) in [4.78, 5) is 14.6. The summed E-state index contributed by atoms with van der Waals surface area (Å²) in [5.41, 5.74) is 3.17. The molecule has 3 rings (SSSR count). The molecule has 0 aliphatic carbocycles. The van der Waals surface area contributed by atoms with Crippen LogP contribution in [0, 0.1) is 6.92 Å². The highest BCUT2D eigenvalue weighted by atomic mass is 16.5. The van der Waals surface area contributed by atoms with Gasteiger partial charge in [0, 0.05) is 25.3 Å². The molecular formula is C19H22N2O3. The van der Waals surface area contributed by atoms with Crippen LogP contribution < -0.4 is 10.2 Å². The maximum absolute atomic E-state index is 12.4. The Hall–Kier alpha value is -2.53. The zero-order valence-corrected chi connectivity index (χ0v) is 13.8. The maximum Gasteiger partial charge on any atom is 0.255 e. The average Bonchev–Trinajstić information content (AvgIpc) is 2.63. The molecule has 1 amide bonds. The minimum Gasteiger partial charge on any atom is -0.507 e. The molecule has 0 spiro atoms. The lowest BCUT2D eigenvalue weighted by atomic mass is 10.1. The van der Waals surface area contributed by atoms with E-state index in [0.29, 0.717) is 17.7 Å². The first-order valence-electron chi connectivity index (χ1n) is 8.14. The number of ether oxygens (including phenoxy) is 1. The van der Waals surface area contributed by atoms with Gasteiger partial charge < -0.3 is 20.1 Å². The highest BCUT2D eigenvalue weighted by Gasteiger charge is 2.16. The number of hydrogen-bond donors (Lipinski definition) is 2. The van der Waals surface area contributed by atoms with E-state index >= 15 is 0 Å². The predicted molar refractivity (Wildman–Crippen MR) is 93.5 cm³/mol. The third kappa shape index (κ3) is 3.51. The van der Waals surface area contributed by atoms with Gasteiger partial charge in [-0.15, -0.1) is 0 Å². The molecule has 1 saturated heterocycles. The van der Waals surface area contributed by atoms with Crippen LogP contribution in [0.4, 0.5) is 5.69 Å². The van der Waals surface area contributed by atoms with E-state index in [2.05, 4.69) is 16.3 Å². The van der Waals surface area contributed by atoms with Crippen molar-refractivity contribution < 1.29 is 14.6 Å². The molecule has 0 aromatic heterocycles. The van der Waals surface area contributed by atoms with Crippen molar-refractivity contribution in [1.29, 1.82) is 0 Å². The Bertz CT molecular complexity index is 724. The first-order chi connectivity index (χ1) is 11.7. The predicted octanol–water partition coefficient (Wildman–Crippen LogP) is 2.47. The summed E-state index contributed by atoms with van der Waals surface area (Å²) >= 11 is 0. The average molecular weight is 326 g/mol. The van der Waals surface area contributed by atoms with E-state index in [1.54, 1.807) is 25.1 Å². The monoisotopic (exact) mass is 326 g/mol. The van der Waals surface area contributed by atoms with Gasteiger partial charge in [0.05, 0.1) is 18.8 Å². The number of phenolic OH excluding ortho intramolecular Hbond substituents is 1. The smallest absolute Gasteiger partial charge is 0.255 e. The van der Waals surface area contributed by atoms with Crippen LogP contribution in [0.2, 0.25) is 0 Å². The van der Waals surface area contributed by atoms with E-state index in [0.717, 1.165) is 37.6 Å². The molecular weight excluding hydrogens is 304 g/mol. The van der Waals surface area contributed by atoms with Crippen molar-refractivity contribution in [3.8, 4) is 5.75 Å². The molecule has 1 heterocycles. The lowest BCUT2D eigenvalue weighted by molar-refractivity contribution is 0.0948. The van der Waals surface area contributed by atoms with Crippen molar-refractivity contribution in [2.24, 2.45) is 0 Å². The van der Waals surface area contributed by atoms with Gasteiger partial charge in [-0.2, -0.15) is 0 Å². The number of hydrogen-bond acceptors (Lipinski definition) is 4. The third-order valence-electron chi connectivity index (χ3n) is 4.27. The number of morpholine rings is 1. The molecule has 24 heavy (non-hydrogen) atoms. The molecule has 0 unspecified atom stereocenters. The summed E-state index contributed by atoms with van der Waals surface area (Å²) in [6.07, 6.45) is 0. The second-order valence-electron chi connectivity index (χ2n) is 5.88. The van der Waals surface area contributed by atoms with E-state index in [4.69, 9.17) is 4.74 Å². The number of carbonyl (C=O) groups is 1. The quantitative estimate of drug-likeness (QED) is 0.906. The standard InChI is InChI=1S/C19H22N2O3/c1-14-5-4-7-16(18(14)22)19(23)20-13-15-6-2-3-8-17(15)21-9-11-24-12-10-21/h2-8,22H,9-13H2,1H3,(H,20,23). The highest BCUT2D eigenvalue weighted by molar-refractivity contribution is 5.97. The molecule has 2 aromatic rings. The molecule has 1 fully saturated rings. The van der Waals surface area contributed by atoms with Crippen LogP contribution in [0.15, 0.2) is 42.5 Å². The molecule has 0 radical (unpaired) electrons. The van der Waals surface area contributed by atoms with Crippen LogP contribution in [0.1, 0.15) is 21.5 Å². The molecule has 5 nitrogen and oxygen atoms in total. The summed E-state index contributed by atoms with van der Waals surface area (Å²) < 4.78 is 5.40. The van der Waals surface area contributed by atoms with Crippen LogP contribution in [-0.4, -0.2) is 37.3 Å². The number of carbonyl (C=O) groups excluding carboxylic acids is 1.